The van der Waals surface area contributed by atoms with Gasteiger partial charge in [0.25, 0.3) is 0 Å². The number of nitrogens with one attached hydrogen (secondary N) is 1. The van der Waals surface area contributed by atoms with Crippen LogP contribution < -0.4 is 5.32 Å². The minimum absolute atomic E-state index is 0.225. The molecule has 0 aliphatic rings. The standard InChI is InChI=1S/C16H21BrN2O/c1-3-8-18-15(14-7-9-20-16(14)17)10-13-6-5-12(4-2)11-19-13/h5-7,9,11,15,18H,3-4,8,10H2,1-2H3. The summed E-state index contributed by atoms with van der Waals surface area (Å²) in [5, 5.41) is 3.56. The van der Waals surface area contributed by atoms with E-state index in [4.69, 9.17) is 4.42 Å². The highest BCUT2D eigenvalue weighted by atomic mass is 79.9. The lowest BCUT2D eigenvalue weighted by molar-refractivity contribution is 0.495. The molecule has 20 heavy (non-hydrogen) atoms. The second kappa shape index (κ2) is 7.60. The molecule has 0 saturated heterocycles. The molecule has 1 atom stereocenters. The Balaban J connectivity index is 2.12. The lowest BCUT2D eigenvalue weighted by Crippen LogP contribution is -2.24. The fraction of sp³-hybridized carbons (Fsp3) is 0.438. The van der Waals surface area contributed by atoms with Gasteiger partial charge >= 0.3 is 0 Å². The molecule has 1 N–H and O–H groups in total. The van der Waals surface area contributed by atoms with Gasteiger partial charge in [-0.3, -0.25) is 4.98 Å². The van der Waals surface area contributed by atoms with Gasteiger partial charge in [-0.15, -0.1) is 0 Å². The highest BCUT2D eigenvalue weighted by Crippen LogP contribution is 2.26. The maximum Gasteiger partial charge on any atom is 0.173 e. The largest absolute Gasteiger partial charge is 0.457 e. The van der Waals surface area contributed by atoms with Crippen LogP contribution in [0.3, 0.4) is 0 Å². The van der Waals surface area contributed by atoms with Crippen molar-refractivity contribution >= 4 is 15.9 Å². The molecule has 0 fully saturated rings. The molecule has 0 saturated carbocycles. The molecule has 0 aliphatic carbocycles. The molecule has 2 aromatic heterocycles. The molecular weight excluding hydrogens is 316 g/mol. The van der Waals surface area contributed by atoms with E-state index in [-0.39, 0.29) is 6.04 Å². The predicted molar refractivity (Wildman–Crippen MR) is 84.8 cm³/mol. The summed E-state index contributed by atoms with van der Waals surface area (Å²) in [5.41, 5.74) is 3.53. The fourth-order valence-electron chi connectivity index (χ4n) is 2.16. The number of aryl methyl sites for hydroxylation is 1. The van der Waals surface area contributed by atoms with E-state index < -0.39 is 0 Å². The Morgan fingerprint density at radius 3 is 2.70 bits per heavy atom. The lowest BCUT2D eigenvalue weighted by atomic mass is 10.0. The second-order valence-corrected chi connectivity index (χ2v) is 5.59. The third kappa shape index (κ3) is 3.93. The van der Waals surface area contributed by atoms with Gasteiger partial charge in [0.2, 0.25) is 0 Å². The van der Waals surface area contributed by atoms with Gasteiger partial charge in [-0.2, -0.15) is 0 Å². The molecule has 2 heterocycles. The lowest BCUT2D eigenvalue weighted by Gasteiger charge is -2.17. The van der Waals surface area contributed by atoms with E-state index in [1.165, 1.54) is 5.56 Å². The summed E-state index contributed by atoms with van der Waals surface area (Å²) in [5.74, 6) is 0. The van der Waals surface area contributed by atoms with Crippen LogP contribution in [0.15, 0.2) is 39.7 Å². The highest BCUT2D eigenvalue weighted by molar-refractivity contribution is 9.10. The number of aromatic nitrogens is 1. The summed E-state index contributed by atoms with van der Waals surface area (Å²) in [6.45, 7) is 5.29. The van der Waals surface area contributed by atoms with Crippen LogP contribution in [0, 0.1) is 0 Å². The van der Waals surface area contributed by atoms with Gasteiger partial charge in [0.15, 0.2) is 4.67 Å². The van der Waals surface area contributed by atoms with Crippen molar-refractivity contribution in [2.45, 2.75) is 39.2 Å². The van der Waals surface area contributed by atoms with E-state index in [0.29, 0.717) is 0 Å². The zero-order chi connectivity index (χ0) is 14.4. The van der Waals surface area contributed by atoms with Crippen molar-refractivity contribution in [3.8, 4) is 0 Å². The topological polar surface area (TPSA) is 38.1 Å². The van der Waals surface area contributed by atoms with Gasteiger partial charge in [-0.25, -0.2) is 0 Å². The smallest absolute Gasteiger partial charge is 0.173 e. The molecule has 0 bridgehead atoms. The first-order chi connectivity index (χ1) is 9.74. The molecule has 2 rings (SSSR count). The third-order valence-electron chi connectivity index (χ3n) is 3.37. The molecular formula is C16H21BrN2O. The number of hydrogen-bond donors (Lipinski definition) is 1. The second-order valence-electron chi connectivity index (χ2n) is 4.87. The van der Waals surface area contributed by atoms with Crippen molar-refractivity contribution in [1.82, 2.24) is 10.3 Å². The average molecular weight is 337 g/mol. The van der Waals surface area contributed by atoms with Crippen LogP contribution in [-0.4, -0.2) is 11.5 Å². The van der Waals surface area contributed by atoms with Gasteiger partial charge in [-0.1, -0.05) is 19.9 Å². The Hall–Kier alpha value is -1.13. The summed E-state index contributed by atoms with van der Waals surface area (Å²) in [7, 11) is 0. The SMILES string of the molecule is CCCNC(Cc1ccc(CC)cn1)c1ccoc1Br. The Morgan fingerprint density at radius 2 is 2.15 bits per heavy atom. The van der Waals surface area contributed by atoms with Crippen LogP contribution in [0.1, 0.15) is 43.1 Å². The molecule has 0 amide bonds. The molecule has 2 aromatic rings. The first kappa shape index (κ1) is 15.3. The van der Waals surface area contributed by atoms with Crippen molar-refractivity contribution < 1.29 is 4.42 Å². The zero-order valence-corrected chi connectivity index (χ0v) is 13.6. The van der Waals surface area contributed by atoms with E-state index in [9.17, 15) is 0 Å². The average Bonchev–Trinajstić information content (AvgIpc) is 2.90. The van der Waals surface area contributed by atoms with Crippen molar-refractivity contribution in [1.29, 1.82) is 0 Å². The number of pyridine rings is 1. The van der Waals surface area contributed by atoms with E-state index in [1.54, 1.807) is 6.26 Å². The van der Waals surface area contributed by atoms with E-state index in [2.05, 4.69) is 52.2 Å². The quantitative estimate of drug-likeness (QED) is 0.819. The van der Waals surface area contributed by atoms with Crippen LogP contribution in [0.2, 0.25) is 0 Å². The van der Waals surface area contributed by atoms with Gasteiger partial charge in [0.1, 0.15) is 0 Å². The van der Waals surface area contributed by atoms with Crippen molar-refractivity contribution in [2.75, 3.05) is 6.54 Å². The van der Waals surface area contributed by atoms with Gasteiger partial charge in [-0.05, 0) is 53.0 Å². The molecule has 0 radical (unpaired) electrons. The van der Waals surface area contributed by atoms with Crippen LogP contribution in [-0.2, 0) is 12.8 Å². The van der Waals surface area contributed by atoms with Crippen LogP contribution >= 0.6 is 15.9 Å². The molecule has 3 nitrogen and oxygen atoms in total. The van der Waals surface area contributed by atoms with Gasteiger partial charge < -0.3 is 9.73 Å². The van der Waals surface area contributed by atoms with E-state index in [1.807, 2.05) is 12.3 Å². The maximum absolute atomic E-state index is 5.36. The molecule has 108 valence electrons. The first-order valence-corrected chi connectivity index (χ1v) is 7.94. The van der Waals surface area contributed by atoms with E-state index >= 15 is 0 Å². The summed E-state index contributed by atoms with van der Waals surface area (Å²) in [6, 6.07) is 6.51. The minimum atomic E-state index is 0.225. The predicted octanol–water partition coefficient (Wildman–Crippen LogP) is 4.28. The Morgan fingerprint density at radius 1 is 1.30 bits per heavy atom. The van der Waals surface area contributed by atoms with Gasteiger partial charge in [0, 0.05) is 29.9 Å². The molecule has 0 aliphatic heterocycles. The fourth-order valence-corrected chi connectivity index (χ4v) is 2.67. The maximum atomic E-state index is 5.36. The van der Waals surface area contributed by atoms with Crippen molar-refractivity contribution in [3.63, 3.8) is 0 Å². The van der Waals surface area contributed by atoms with Gasteiger partial charge in [0.05, 0.1) is 6.26 Å². The van der Waals surface area contributed by atoms with Crippen LogP contribution in [0.4, 0.5) is 0 Å². The Kier molecular flexibility index (Phi) is 5.80. The Bertz CT molecular complexity index is 522. The summed E-state index contributed by atoms with van der Waals surface area (Å²) < 4.78 is 6.16. The molecule has 0 aromatic carbocycles. The number of hydrogen-bond acceptors (Lipinski definition) is 3. The first-order valence-electron chi connectivity index (χ1n) is 7.14. The van der Waals surface area contributed by atoms with Crippen molar-refractivity contribution in [2.24, 2.45) is 0 Å². The monoisotopic (exact) mass is 336 g/mol. The molecule has 0 spiro atoms. The van der Waals surface area contributed by atoms with E-state index in [0.717, 1.165) is 41.7 Å². The highest BCUT2D eigenvalue weighted by Gasteiger charge is 2.17. The molecule has 1 unspecified atom stereocenters. The number of furan rings is 1. The third-order valence-corrected chi connectivity index (χ3v) is 4.01. The minimum Gasteiger partial charge on any atom is -0.457 e. The van der Waals surface area contributed by atoms with Crippen LogP contribution in [0.25, 0.3) is 0 Å². The summed E-state index contributed by atoms with van der Waals surface area (Å²) in [4.78, 5) is 4.55. The Labute approximate surface area is 128 Å². The normalized spacial score (nSPS) is 12.6. The summed E-state index contributed by atoms with van der Waals surface area (Å²) >= 11 is 3.47. The van der Waals surface area contributed by atoms with Crippen LogP contribution in [0.5, 0.6) is 0 Å². The summed E-state index contributed by atoms with van der Waals surface area (Å²) in [6.07, 6.45) is 6.68. The molecule has 4 heteroatoms. The number of halogens is 1. The number of rotatable bonds is 7. The van der Waals surface area contributed by atoms with Crippen molar-refractivity contribution in [3.05, 3.63) is 52.1 Å². The number of nitrogens with zero attached hydrogens (tertiary/aromatic N) is 1. The zero-order valence-electron chi connectivity index (χ0n) is 12.0.